The zero-order chi connectivity index (χ0) is 43.0. The quantitative estimate of drug-likeness (QED) is 0.0263. The van der Waals surface area contributed by atoms with Crippen LogP contribution in [0.2, 0.25) is 0 Å². The van der Waals surface area contributed by atoms with Crippen molar-refractivity contribution in [1.29, 1.82) is 0 Å². The smallest absolute Gasteiger partial charge is 0.306 e. The van der Waals surface area contributed by atoms with Crippen LogP contribution in [-0.4, -0.2) is 37.2 Å². The Hall–Kier alpha value is -1.85. The number of carbonyl (C=O) groups is 3. The second-order valence-corrected chi connectivity index (χ2v) is 17.8. The first-order chi connectivity index (χ1) is 29.0. The fourth-order valence-electron chi connectivity index (χ4n) is 7.79. The van der Waals surface area contributed by atoms with E-state index in [0.717, 1.165) is 64.2 Å². The summed E-state index contributed by atoms with van der Waals surface area (Å²) in [5.74, 6) is -0.859. The lowest BCUT2D eigenvalue weighted by atomic mass is 10.0. The largest absolute Gasteiger partial charge is 0.462 e. The zero-order valence-corrected chi connectivity index (χ0v) is 39.8. The summed E-state index contributed by atoms with van der Waals surface area (Å²) in [6.45, 7) is 6.66. The molecular weight excluding hydrogens is 733 g/mol. The third kappa shape index (κ3) is 47.1. The van der Waals surface area contributed by atoms with E-state index >= 15 is 0 Å². The van der Waals surface area contributed by atoms with Crippen LogP contribution in [0.15, 0.2) is 12.2 Å². The van der Waals surface area contributed by atoms with Crippen LogP contribution in [0.1, 0.15) is 290 Å². The summed E-state index contributed by atoms with van der Waals surface area (Å²) in [6, 6.07) is 0. The van der Waals surface area contributed by atoms with Gasteiger partial charge in [0, 0.05) is 19.3 Å². The fraction of sp³-hybridized carbons (Fsp3) is 0.906. The predicted octanol–water partition coefficient (Wildman–Crippen LogP) is 17.0. The maximum absolute atomic E-state index is 12.8. The van der Waals surface area contributed by atoms with E-state index in [9.17, 15) is 14.4 Å². The van der Waals surface area contributed by atoms with Gasteiger partial charge in [-0.15, -0.1) is 0 Å². The van der Waals surface area contributed by atoms with Crippen LogP contribution >= 0.6 is 0 Å². The van der Waals surface area contributed by atoms with Crippen LogP contribution in [0.25, 0.3) is 0 Å². The molecule has 0 aromatic heterocycles. The minimum absolute atomic E-state index is 0.0680. The van der Waals surface area contributed by atoms with Gasteiger partial charge in [-0.1, -0.05) is 238 Å². The minimum Gasteiger partial charge on any atom is -0.462 e. The summed E-state index contributed by atoms with van der Waals surface area (Å²) in [6.07, 6.45) is 53.3. The first-order valence-electron chi connectivity index (χ1n) is 26.2. The summed E-state index contributed by atoms with van der Waals surface area (Å²) in [4.78, 5) is 37.9. The number of esters is 3. The zero-order valence-electron chi connectivity index (χ0n) is 39.8. The van der Waals surface area contributed by atoms with Crippen LogP contribution in [0, 0.1) is 0 Å². The van der Waals surface area contributed by atoms with E-state index in [1.54, 1.807) is 0 Å². The van der Waals surface area contributed by atoms with Crippen LogP contribution in [0.3, 0.4) is 0 Å². The van der Waals surface area contributed by atoms with Gasteiger partial charge in [0.15, 0.2) is 6.10 Å². The molecule has 0 aromatic rings. The van der Waals surface area contributed by atoms with Gasteiger partial charge in [-0.3, -0.25) is 14.4 Å². The Morgan fingerprint density at radius 1 is 0.322 bits per heavy atom. The Morgan fingerprint density at radius 3 is 0.847 bits per heavy atom. The summed E-state index contributed by atoms with van der Waals surface area (Å²) in [5.41, 5.74) is 0. The second kappa shape index (κ2) is 48.8. The molecule has 0 spiro atoms. The molecular formula is C53H100O6. The molecule has 0 aliphatic carbocycles. The number of hydrogen-bond donors (Lipinski definition) is 0. The lowest BCUT2D eigenvalue weighted by molar-refractivity contribution is -0.167. The third-order valence-corrected chi connectivity index (χ3v) is 11.8. The molecule has 0 atom stereocenters. The van der Waals surface area contributed by atoms with Crippen LogP contribution < -0.4 is 0 Å². The molecule has 0 heterocycles. The van der Waals surface area contributed by atoms with Crippen molar-refractivity contribution in [2.45, 2.75) is 297 Å². The molecule has 0 rings (SSSR count). The number of hydrogen-bond acceptors (Lipinski definition) is 6. The van der Waals surface area contributed by atoms with E-state index in [1.807, 2.05) is 0 Å². The Balaban J connectivity index is 4.34. The van der Waals surface area contributed by atoms with Crippen molar-refractivity contribution in [1.82, 2.24) is 0 Å². The first kappa shape index (κ1) is 57.1. The van der Waals surface area contributed by atoms with Gasteiger partial charge >= 0.3 is 17.9 Å². The lowest BCUT2D eigenvalue weighted by Crippen LogP contribution is -2.30. The summed E-state index contributed by atoms with van der Waals surface area (Å²) >= 11 is 0. The number of unbranched alkanes of at least 4 members (excludes halogenated alkanes) is 35. The van der Waals surface area contributed by atoms with Gasteiger partial charge in [0.2, 0.25) is 0 Å². The molecule has 0 saturated heterocycles. The van der Waals surface area contributed by atoms with Gasteiger partial charge in [0.05, 0.1) is 0 Å². The molecule has 0 radical (unpaired) electrons. The first-order valence-corrected chi connectivity index (χ1v) is 26.2. The van der Waals surface area contributed by atoms with Crippen LogP contribution in [0.5, 0.6) is 0 Å². The summed E-state index contributed by atoms with van der Waals surface area (Å²) in [7, 11) is 0. The average molecular weight is 833 g/mol. The molecule has 0 aliphatic heterocycles. The minimum atomic E-state index is -0.767. The highest BCUT2D eigenvalue weighted by Gasteiger charge is 2.19. The van der Waals surface area contributed by atoms with E-state index in [-0.39, 0.29) is 31.1 Å². The molecule has 0 aliphatic rings. The van der Waals surface area contributed by atoms with Crippen molar-refractivity contribution in [3.63, 3.8) is 0 Å². The highest BCUT2D eigenvalue weighted by atomic mass is 16.6. The maximum Gasteiger partial charge on any atom is 0.306 e. The number of rotatable bonds is 48. The van der Waals surface area contributed by atoms with E-state index in [0.29, 0.717) is 19.3 Å². The van der Waals surface area contributed by atoms with Gasteiger partial charge in [-0.2, -0.15) is 0 Å². The topological polar surface area (TPSA) is 78.9 Å². The monoisotopic (exact) mass is 833 g/mol. The van der Waals surface area contributed by atoms with E-state index in [2.05, 4.69) is 32.9 Å². The highest BCUT2D eigenvalue weighted by molar-refractivity contribution is 5.71. The lowest BCUT2D eigenvalue weighted by Gasteiger charge is -2.18. The number of ether oxygens (including phenoxy) is 3. The van der Waals surface area contributed by atoms with Gasteiger partial charge in [-0.05, 0) is 44.9 Å². The SMILES string of the molecule is CCCCCCCC/C=C\CCCCCCCC(=O)OC(COC(=O)CCCCCCCCCCCCCCC)COC(=O)CCCCCCCCCCCCCCC. The van der Waals surface area contributed by atoms with Crippen molar-refractivity contribution < 1.29 is 28.6 Å². The molecule has 0 saturated carbocycles. The fourth-order valence-corrected chi connectivity index (χ4v) is 7.79. The van der Waals surface area contributed by atoms with E-state index < -0.39 is 6.10 Å². The van der Waals surface area contributed by atoms with E-state index in [4.69, 9.17) is 14.2 Å². The molecule has 0 aromatic carbocycles. The molecule has 0 N–H and O–H groups in total. The molecule has 6 nitrogen and oxygen atoms in total. The third-order valence-electron chi connectivity index (χ3n) is 11.8. The maximum atomic E-state index is 12.8. The van der Waals surface area contributed by atoms with Gasteiger partial charge in [-0.25, -0.2) is 0 Å². The molecule has 6 heteroatoms. The molecule has 0 amide bonds. The Kier molecular flexibility index (Phi) is 47.3. The summed E-state index contributed by atoms with van der Waals surface area (Å²) < 4.78 is 16.8. The highest BCUT2D eigenvalue weighted by Crippen LogP contribution is 2.16. The standard InChI is InChI=1S/C53H100O6/c1-4-7-10-13-16-19-22-25-26-29-32-35-38-41-44-47-53(56)59-50(48-57-51(54)45-42-39-36-33-30-27-23-20-17-14-11-8-5-2)49-58-52(55)46-43-40-37-34-31-28-24-21-18-15-12-9-6-3/h25-26,50H,4-24,27-49H2,1-3H3/b26-25-. The Labute approximate surface area is 367 Å². The molecule has 0 bridgehead atoms. The van der Waals surface area contributed by atoms with Gasteiger partial charge in [0.1, 0.15) is 13.2 Å². The van der Waals surface area contributed by atoms with Crippen molar-refractivity contribution in [2.24, 2.45) is 0 Å². The number of allylic oxidation sites excluding steroid dienone is 2. The summed E-state index contributed by atoms with van der Waals surface area (Å²) in [5, 5.41) is 0. The molecule has 59 heavy (non-hydrogen) atoms. The van der Waals surface area contributed by atoms with E-state index in [1.165, 1.54) is 186 Å². The van der Waals surface area contributed by atoms with Crippen LogP contribution in [-0.2, 0) is 28.6 Å². The number of carbonyl (C=O) groups excluding carboxylic acids is 3. The Bertz CT molecular complexity index is 870. The Morgan fingerprint density at radius 2 is 0.559 bits per heavy atom. The average Bonchev–Trinajstić information content (AvgIpc) is 3.23. The van der Waals surface area contributed by atoms with Crippen molar-refractivity contribution in [3.05, 3.63) is 12.2 Å². The normalized spacial score (nSPS) is 11.5. The van der Waals surface area contributed by atoms with Crippen LogP contribution in [0.4, 0.5) is 0 Å². The van der Waals surface area contributed by atoms with Crippen molar-refractivity contribution in [2.75, 3.05) is 13.2 Å². The molecule has 0 fully saturated rings. The van der Waals surface area contributed by atoms with Crippen molar-refractivity contribution in [3.8, 4) is 0 Å². The van der Waals surface area contributed by atoms with Gasteiger partial charge in [0.25, 0.3) is 0 Å². The predicted molar refractivity (Wildman–Crippen MR) is 252 cm³/mol. The molecule has 0 unspecified atom stereocenters. The van der Waals surface area contributed by atoms with Gasteiger partial charge < -0.3 is 14.2 Å². The second-order valence-electron chi connectivity index (χ2n) is 17.8. The molecule has 348 valence electrons. The van der Waals surface area contributed by atoms with Crippen molar-refractivity contribution >= 4 is 17.9 Å².